The first kappa shape index (κ1) is 10.5. The van der Waals surface area contributed by atoms with E-state index in [4.69, 9.17) is 5.73 Å². The monoisotopic (exact) mass is 237 g/mol. The Labute approximate surface area is 104 Å². The van der Waals surface area contributed by atoms with Crippen LogP contribution >= 0.6 is 0 Å². The van der Waals surface area contributed by atoms with E-state index in [1.165, 1.54) is 6.20 Å². The number of aromatic nitrogens is 4. The summed E-state index contributed by atoms with van der Waals surface area (Å²) in [7, 11) is 0. The van der Waals surface area contributed by atoms with Crippen LogP contribution in [-0.2, 0) is 0 Å². The Morgan fingerprint density at radius 3 is 2.44 bits per heavy atom. The third-order valence-electron chi connectivity index (χ3n) is 2.58. The van der Waals surface area contributed by atoms with Crippen molar-refractivity contribution in [2.24, 2.45) is 0 Å². The lowest BCUT2D eigenvalue weighted by Crippen LogP contribution is -2.00. The van der Waals surface area contributed by atoms with Crippen molar-refractivity contribution in [3.8, 4) is 16.9 Å². The molecule has 2 N–H and O–H groups in total. The van der Waals surface area contributed by atoms with Gasteiger partial charge in [-0.3, -0.25) is 0 Å². The van der Waals surface area contributed by atoms with Crippen LogP contribution in [0.1, 0.15) is 0 Å². The molecule has 0 fully saturated rings. The number of nitrogen functional groups attached to an aromatic ring is 1. The minimum absolute atomic E-state index is 0.397. The van der Waals surface area contributed by atoms with Crippen LogP contribution in [0.15, 0.2) is 55.1 Å². The maximum Gasteiger partial charge on any atom is 0.171 e. The third kappa shape index (κ3) is 1.93. The molecule has 3 aromatic rings. The molecule has 0 bridgehead atoms. The number of nitrogens with two attached hydrogens (primary N) is 1. The van der Waals surface area contributed by atoms with Gasteiger partial charge in [0.05, 0.1) is 18.6 Å². The van der Waals surface area contributed by atoms with E-state index in [1.54, 1.807) is 17.1 Å². The van der Waals surface area contributed by atoms with Gasteiger partial charge in [-0.2, -0.15) is 5.10 Å². The number of nitrogens with zero attached hydrogens (tertiary/aromatic N) is 4. The molecule has 1 aromatic carbocycles. The summed E-state index contributed by atoms with van der Waals surface area (Å²) < 4.78 is 1.68. The van der Waals surface area contributed by atoms with E-state index in [2.05, 4.69) is 15.1 Å². The van der Waals surface area contributed by atoms with Gasteiger partial charge >= 0.3 is 0 Å². The van der Waals surface area contributed by atoms with E-state index in [0.29, 0.717) is 11.6 Å². The smallest absolute Gasteiger partial charge is 0.171 e. The highest BCUT2D eigenvalue weighted by Crippen LogP contribution is 2.18. The van der Waals surface area contributed by atoms with Crippen molar-refractivity contribution in [1.29, 1.82) is 0 Å². The predicted molar refractivity (Wildman–Crippen MR) is 69.0 cm³/mol. The van der Waals surface area contributed by atoms with Gasteiger partial charge in [-0.15, -0.1) is 0 Å². The second kappa shape index (κ2) is 4.29. The second-order valence-electron chi connectivity index (χ2n) is 3.84. The fraction of sp³-hybridized carbons (Fsp3) is 0. The fourth-order valence-electron chi connectivity index (χ4n) is 1.68. The average Bonchev–Trinajstić information content (AvgIpc) is 2.90. The highest BCUT2D eigenvalue weighted by Gasteiger charge is 2.03. The summed E-state index contributed by atoms with van der Waals surface area (Å²) in [5.41, 5.74) is 7.65. The van der Waals surface area contributed by atoms with E-state index < -0.39 is 0 Å². The van der Waals surface area contributed by atoms with Gasteiger partial charge < -0.3 is 5.73 Å². The molecule has 0 spiro atoms. The van der Waals surface area contributed by atoms with Crippen LogP contribution < -0.4 is 5.73 Å². The van der Waals surface area contributed by atoms with Crippen molar-refractivity contribution in [3.63, 3.8) is 0 Å². The summed E-state index contributed by atoms with van der Waals surface area (Å²) >= 11 is 0. The van der Waals surface area contributed by atoms with Crippen LogP contribution in [0.25, 0.3) is 16.9 Å². The summed E-state index contributed by atoms with van der Waals surface area (Å²) in [4.78, 5) is 8.16. The van der Waals surface area contributed by atoms with Gasteiger partial charge in [0.2, 0.25) is 0 Å². The second-order valence-corrected chi connectivity index (χ2v) is 3.84. The molecule has 0 saturated heterocycles. The molecule has 2 aromatic heterocycles. The molecule has 0 unspecified atom stereocenters. The molecule has 0 aliphatic rings. The van der Waals surface area contributed by atoms with Gasteiger partial charge in [-0.1, -0.05) is 30.3 Å². The van der Waals surface area contributed by atoms with Gasteiger partial charge in [-0.05, 0) is 5.56 Å². The highest BCUT2D eigenvalue weighted by molar-refractivity contribution is 5.61. The number of hydrogen-bond donors (Lipinski definition) is 1. The van der Waals surface area contributed by atoms with Gasteiger partial charge in [0.15, 0.2) is 5.82 Å². The molecule has 5 nitrogen and oxygen atoms in total. The third-order valence-corrected chi connectivity index (χ3v) is 2.58. The predicted octanol–water partition coefficient (Wildman–Crippen LogP) is 1.91. The summed E-state index contributed by atoms with van der Waals surface area (Å²) in [6.45, 7) is 0. The van der Waals surface area contributed by atoms with Crippen molar-refractivity contribution in [2.45, 2.75) is 0 Å². The lowest BCUT2D eigenvalue weighted by molar-refractivity contribution is 0.839. The molecule has 0 amide bonds. The molecule has 0 atom stereocenters. The lowest BCUT2D eigenvalue weighted by atomic mass is 10.1. The van der Waals surface area contributed by atoms with E-state index in [9.17, 15) is 0 Å². The largest absolute Gasteiger partial charge is 0.382 e. The molecular weight excluding hydrogens is 226 g/mol. The summed E-state index contributed by atoms with van der Waals surface area (Å²) in [6, 6.07) is 10.1. The average molecular weight is 237 g/mol. The highest BCUT2D eigenvalue weighted by atomic mass is 15.3. The summed E-state index contributed by atoms with van der Waals surface area (Å²) in [5, 5.41) is 4.27. The summed E-state index contributed by atoms with van der Waals surface area (Å²) in [5.74, 6) is 1.04. The molecule has 0 saturated carbocycles. The molecule has 3 rings (SSSR count). The first-order chi connectivity index (χ1) is 8.83. The Morgan fingerprint density at radius 1 is 0.889 bits per heavy atom. The molecule has 0 aliphatic carbocycles. The minimum atomic E-state index is 0.397. The molecule has 0 radical (unpaired) electrons. The van der Waals surface area contributed by atoms with Gasteiger partial charge in [-0.25, -0.2) is 14.6 Å². The van der Waals surface area contributed by atoms with Gasteiger partial charge in [0.1, 0.15) is 5.82 Å². The molecular formula is C13H11N5. The van der Waals surface area contributed by atoms with Crippen molar-refractivity contribution >= 4 is 5.82 Å². The molecule has 88 valence electrons. The first-order valence-electron chi connectivity index (χ1n) is 5.51. The van der Waals surface area contributed by atoms with Gasteiger partial charge in [0.25, 0.3) is 0 Å². The zero-order valence-electron chi connectivity index (χ0n) is 9.56. The van der Waals surface area contributed by atoms with Crippen molar-refractivity contribution in [2.75, 3.05) is 5.73 Å². The van der Waals surface area contributed by atoms with Crippen molar-refractivity contribution in [1.82, 2.24) is 19.7 Å². The number of hydrogen-bond acceptors (Lipinski definition) is 4. The Kier molecular flexibility index (Phi) is 2.49. The Morgan fingerprint density at radius 2 is 1.72 bits per heavy atom. The van der Waals surface area contributed by atoms with Crippen LogP contribution in [-0.4, -0.2) is 19.7 Å². The van der Waals surface area contributed by atoms with Crippen molar-refractivity contribution in [3.05, 3.63) is 55.1 Å². The zero-order chi connectivity index (χ0) is 12.4. The molecule has 2 heterocycles. The van der Waals surface area contributed by atoms with Crippen LogP contribution in [0.5, 0.6) is 0 Å². The van der Waals surface area contributed by atoms with Crippen molar-refractivity contribution < 1.29 is 0 Å². The van der Waals surface area contributed by atoms with E-state index in [1.807, 2.05) is 36.5 Å². The number of benzene rings is 1. The van der Waals surface area contributed by atoms with Crippen LogP contribution in [0.4, 0.5) is 5.82 Å². The SMILES string of the molecule is Nc1cnc(-n2cc(-c3ccccc3)cn2)cn1. The van der Waals surface area contributed by atoms with Crippen LogP contribution in [0, 0.1) is 0 Å². The summed E-state index contributed by atoms with van der Waals surface area (Å²) in [6.07, 6.45) is 6.82. The Bertz CT molecular complexity index is 643. The minimum Gasteiger partial charge on any atom is -0.382 e. The Hall–Kier alpha value is -2.69. The molecule has 0 aliphatic heterocycles. The van der Waals surface area contributed by atoms with E-state index >= 15 is 0 Å². The Balaban J connectivity index is 1.97. The fourth-order valence-corrected chi connectivity index (χ4v) is 1.68. The van der Waals surface area contributed by atoms with Crippen LogP contribution in [0.3, 0.4) is 0 Å². The standard InChI is InChI=1S/C13H11N5/c14-12-7-16-13(8-15-12)18-9-11(6-17-18)10-4-2-1-3-5-10/h1-9H,(H2,14,15). The van der Waals surface area contributed by atoms with E-state index in [-0.39, 0.29) is 0 Å². The zero-order valence-corrected chi connectivity index (χ0v) is 9.56. The first-order valence-corrected chi connectivity index (χ1v) is 5.51. The molecule has 5 heteroatoms. The van der Waals surface area contributed by atoms with Crippen LogP contribution in [0.2, 0.25) is 0 Å². The maximum absolute atomic E-state index is 5.50. The quantitative estimate of drug-likeness (QED) is 0.739. The number of anilines is 1. The lowest BCUT2D eigenvalue weighted by Gasteiger charge is -1.99. The van der Waals surface area contributed by atoms with E-state index in [0.717, 1.165) is 11.1 Å². The number of rotatable bonds is 2. The molecule has 18 heavy (non-hydrogen) atoms. The maximum atomic E-state index is 5.50. The van der Waals surface area contributed by atoms with Gasteiger partial charge in [0, 0.05) is 11.8 Å². The normalized spacial score (nSPS) is 10.4. The topological polar surface area (TPSA) is 69.6 Å².